The van der Waals surface area contributed by atoms with Crippen molar-refractivity contribution in [1.82, 2.24) is 29.6 Å². The number of halogens is 2. The van der Waals surface area contributed by atoms with Crippen LogP contribution in [0.2, 0.25) is 10.0 Å². The molecular formula is C10H8Cl2N6S. The number of hydrogen-bond donors (Lipinski definition) is 0. The summed E-state index contributed by atoms with van der Waals surface area (Å²) in [5.74, 6) is 0.657. The van der Waals surface area contributed by atoms with Gasteiger partial charge in [0.2, 0.25) is 5.16 Å². The maximum absolute atomic E-state index is 6.09. The number of nitrogens with zero attached hydrogens (tertiary/aromatic N) is 6. The van der Waals surface area contributed by atoms with Crippen molar-refractivity contribution in [3.05, 3.63) is 34.2 Å². The van der Waals surface area contributed by atoms with Crippen LogP contribution in [-0.4, -0.2) is 29.6 Å². The Labute approximate surface area is 122 Å². The molecule has 0 N–H and O–H groups in total. The SMILES string of the molecule is Cn1nnnc1SCc1cn2cc(Cl)cc(Cl)c2n1. The van der Waals surface area contributed by atoms with E-state index < -0.39 is 0 Å². The van der Waals surface area contributed by atoms with Gasteiger partial charge in [0.05, 0.1) is 15.7 Å². The molecule has 0 aliphatic rings. The molecule has 6 nitrogen and oxygen atoms in total. The van der Waals surface area contributed by atoms with Gasteiger partial charge in [-0.05, 0) is 16.5 Å². The van der Waals surface area contributed by atoms with Crippen molar-refractivity contribution < 1.29 is 0 Å². The van der Waals surface area contributed by atoms with Crippen LogP contribution in [0, 0.1) is 0 Å². The standard InChI is InChI=1S/C10H8Cl2N6S/c1-17-10(14-15-16-17)19-5-7-4-18-3-6(11)2-8(12)9(18)13-7/h2-4H,5H2,1H3. The number of aryl methyl sites for hydroxylation is 1. The van der Waals surface area contributed by atoms with Gasteiger partial charge in [-0.25, -0.2) is 9.67 Å². The van der Waals surface area contributed by atoms with Crippen LogP contribution in [0.1, 0.15) is 5.69 Å². The summed E-state index contributed by atoms with van der Waals surface area (Å²) in [4.78, 5) is 4.46. The van der Waals surface area contributed by atoms with Crippen molar-refractivity contribution in [3.63, 3.8) is 0 Å². The van der Waals surface area contributed by atoms with E-state index in [1.54, 1.807) is 24.0 Å². The molecule has 9 heteroatoms. The van der Waals surface area contributed by atoms with E-state index in [0.717, 1.165) is 10.9 Å². The van der Waals surface area contributed by atoms with E-state index in [-0.39, 0.29) is 0 Å². The number of imidazole rings is 1. The predicted octanol–water partition coefficient (Wildman–Crippen LogP) is 2.46. The molecule has 0 saturated heterocycles. The first-order valence-corrected chi connectivity index (χ1v) is 7.05. The maximum atomic E-state index is 6.09. The van der Waals surface area contributed by atoms with Gasteiger partial charge in [0.15, 0.2) is 5.65 Å². The van der Waals surface area contributed by atoms with Crippen LogP contribution in [0.25, 0.3) is 5.65 Å². The van der Waals surface area contributed by atoms with Crippen LogP contribution in [-0.2, 0) is 12.8 Å². The molecule has 0 unspecified atom stereocenters. The molecule has 0 saturated carbocycles. The molecule has 3 heterocycles. The summed E-state index contributed by atoms with van der Waals surface area (Å²) in [5.41, 5.74) is 1.58. The second kappa shape index (κ2) is 4.99. The van der Waals surface area contributed by atoms with E-state index in [1.807, 2.05) is 10.6 Å². The lowest BCUT2D eigenvalue weighted by atomic mass is 10.5. The molecule has 0 fully saturated rings. The molecule has 0 atom stereocenters. The zero-order valence-corrected chi connectivity index (χ0v) is 12.1. The van der Waals surface area contributed by atoms with Gasteiger partial charge in [-0.1, -0.05) is 35.0 Å². The molecule has 0 aromatic carbocycles. The number of thioether (sulfide) groups is 1. The number of aromatic nitrogens is 6. The van der Waals surface area contributed by atoms with Crippen LogP contribution in [0.4, 0.5) is 0 Å². The predicted molar refractivity (Wildman–Crippen MR) is 73.6 cm³/mol. The van der Waals surface area contributed by atoms with Crippen molar-refractivity contribution in [2.75, 3.05) is 0 Å². The fourth-order valence-electron chi connectivity index (χ4n) is 1.63. The second-order valence-electron chi connectivity index (χ2n) is 3.84. The Hall–Kier alpha value is -1.31. The summed E-state index contributed by atoms with van der Waals surface area (Å²) in [5, 5.41) is 13.1. The minimum atomic E-state index is 0.532. The van der Waals surface area contributed by atoms with E-state index in [9.17, 15) is 0 Å². The Morgan fingerprint density at radius 3 is 2.89 bits per heavy atom. The summed E-state index contributed by atoms with van der Waals surface area (Å²) >= 11 is 13.5. The minimum absolute atomic E-state index is 0.532. The molecule has 3 aromatic rings. The van der Waals surface area contributed by atoms with Crippen molar-refractivity contribution in [1.29, 1.82) is 0 Å². The van der Waals surface area contributed by atoms with E-state index >= 15 is 0 Å². The van der Waals surface area contributed by atoms with Gasteiger partial charge in [0, 0.05) is 25.2 Å². The fraction of sp³-hybridized carbons (Fsp3) is 0.200. The highest BCUT2D eigenvalue weighted by Gasteiger charge is 2.09. The summed E-state index contributed by atoms with van der Waals surface area (Å²) < 4.78 is 3.43. The lowest BCUT2D eigenvalue weighted by molar-refractivity contribution is 0.664. The highest BCUT2D eigenvalue weighted by molar-refractivity contribution is 7.98. The van der Waals surface area contributed by atoms with Crippen molar-refractivity contribution in [2.24, 2.45) is 7.05 Å². The lowest BCUT2D eigenvalue weighted by Crippen LogP contribution is -1.93. The number of fused-ring (bicyclic) bond motifs is 1. The minimum Gasteiger partial charge on any atom is -0.304 e. The molecule has 3 aromatic heterocycles. The first kappa shape index (κ1) is 12.7. The van der Waals surface area contributed by atoms with E-state index in [0.29, 0.717) is 21.4 Å². The van der Waals surface area contributed by atoms with Crippen LogP contribution in [0.5, 0.6) is 0 Å². The Morgan fingerprint density at radius 1 is 1.32 bits per heavy atom. The van der Waals surface area contributed by atoms with Crippen molar-refractivity contribution in [3.8, 4) is 0 Å². The molecular weight excluding hydrogens is 307 g/mol. The zero-order valence-electron chi connectivity index (χ0n) is 9.79. The van der Waals surface area contributed by atoms with Crippen LogP contribution < -0.4 is 0 Å². The Balaban J connectivity index is 1.86. The van der Waals surface area contributed by atoms with E-state index in [1.165, 1.54) is 11.8 Å². The Bertz CT molecular complexity index is 737. The zero-order chi connectivity index (χ0) is 13.4. The van der Waals surface area contributed by atoms with Gasteiger partial charge >= 0.3 is 0 Å². The smallest absolute Gasteiger partial charge is 0.209 e. The van der Waals surface area contributed by atoms with Crippen LogP contribution in [0.3, 0.4) is 0 Å². The third-order valence-electron chi connectivity index (χ3n) is 2.45. The third-order valence-corrected chi connectivity index (χ3v) is 3.98. The third kappa shape index (κ3) is 2.54. The van der Waals surface area contributed by atoms with E-state index in [2.05, 4.69) is 20.5 Å². The van der Waals surface area contributed by atoms with Gasteiger partial charge in [-0.15, -0.1) is 5.10 Å². The topological polar surface area (TPSA) is 60.9 Å². The summed E-state index contributed by atoms with van der Waals surface area (Å²) in [6, 6.07) is 1.68. The van der Waals surface area contributed by atoms with Crippen LogP contribution >= 0.6 is 35.0 Å². The Kier molecular flexibility index (Phi) is 3.34. The lowest BCUT2D eigenvalue weighted by Gasteiger charge is -1.95. The van der Waals surface area contributed by atoms with Gasteiger partial charge in [0.1, 0.15) is 0 Å². The molecule has 3 rings (SSSR count). The second-order valence-corrected chi connectivity index (χ2v) is 5.63. The fourth-order valence-corrected chi connectivity index (χ4v) is 2.89. The van der Waals surface area contributed by atoms with Gasteiger partial charge in [0.25, 0.3) is 0 Å². The largest absolute Gasteiger partial charge is 0.304 e. The number of hydrogen-bond acceptors (Lipinski definition) is 5. The average Bonchev–Trinajstić information content (AvgIpc) is 2.92. The molecule has 0 amide bonds. The first-order valence-electron chi connectivity index (χ1n) is 5.31. The molecule has 0 spiro atoms. The van der Waals surface area contributed by atoms with Gasteiger partial charge in [-0.2, -0.15) is 0 Å². The molecule has 19 heavy (non-hydrogen) atoms. The normalized spacial score (nSPS) is 11.3. The molecule has 0 radical (unpaired) electrons. The van der Waals surface area contributed by atoms with Crippen molar-refractivity contribution >= 4 is 40.6 Å². The summed E-state index contributed by atoms with van der Waals surface area (Å²) in [7, 11) is 1.79. The maximum Gasteiger partial charge on any atom is 0.209 e. The first-order chi connectivity index (χ1) is 9.13. The summed E-state index contributed by atoms with van der Waals surface area (Å²) in [6.45, 7) is 0. The quantitative estimate of drug-likeness (QED) is 0.695. The average molecular weight is 315 g/mol. The highest BCUT2D eigenvalue weighted by atomic mass is 35.5. The number of rotatable bonds is 3. The summed E-state index contributed by atoms with van der Waals surface area (Å²) in [6.07, 6.45) is 3.66. The molecule has 0 aliphatic heterocycles. The number of tetrazole rings is 1. The highest BCUT2D eigenvalue weighted by Crippen LogP contribution is 2.24. The number of pyridine rings is 1. The van der Waals surface area contributed by atoms with Crippen LogP contribution in [0.15, 0.2) is 23.6 Å². The Morgan fingerprint density at radius 2 is 2.16 bits per heavy atom. The monoisotopic (exact) mass is 314 g/mol. The molecule has 0 bridgehead atoms. The molecule has 0 aliphatic carbocycles. The van der Waals surface area contributed by atoms with Crippen molar-refractivity contribution in [2.45, 2.75) is 10.9 Å². The van der Waals surface area contributed by atoms with E-state index in [4.69, 9.17) is 23.2 Å². The van der Waals surface area contributed by atoms with Gasteiger partial charge in [-0.3, -0.25) is 0 Å². The van der Waals surface area contributed by atoms with Gasteiger partial charge < -0.3 is 4.40 Å². The molecule has 98 valence electrons.